The van der Waals surface area contributed by atoms with E-state index in [2.05, 4.69) is 105 Å². The number of benzene rings is 3. The summed E-state index contributed by atoms with van der Waals surface area (Å²) in [7, 11) is 1.40. The number of hydrogen-bond acceptors (Lipinski definition) is 30. The summed E-state index contributed by atoms with van der Waals surface area (Å²) in [5.41, 5.74) is 23.8. The van der Waals surface area contributed by atoms with Crippen molar-refractivity contribution in [2.24, 2.45) is 34.8 Å². The van der Waals surface area contributed by atoms with E-state index in [0.717, 1.165) is 11.8 Å². The first-order valence-electron chi connectivity index (χ1n) is 48.1. The topological polar surface area (TPSA) is 799 Å². The van der Waals surface area contributed by atoms with Crippen molar-refractivity contribution in [3.05, 3.63) is 120 Å². The zero-order valence-corrected chi connectivity index (χ0v) is 83.8. The highest BCUT2D eigenvalue weighted by Gasteiger charge is 2.45. The van der Waals surface area contributed by atoms with Gasteiger partial charge in [0.2, 0.25) is 124 Å². The van der Waals surface area contributed by atoms with Crippen molar-refractivity contribution in [3.63, 3.8) is 0 Å². The van der Waals surface area contributed by atoms with Gasteiger partial charge in [0.05, 0.1) is 63.6 Å². The van der Waals surface area contributed by atoms with Crippen molar-refractivity contribution in [1.29, 1.82) is 0 Å². The minimum absolute atomic E-state index is 0.0147. The number of amides is 21. The largest absolute Gasteiger partial charge is 0.508 e. The van der Waals surface area contributed by atoms with E-state index in [-0.39, 0.29) is 107 Å². The second-order valence-corrected chi connectivity index (χ2v) is 39.1. The van der Waals surface area contributed by atoms with Crippen LogP contribution in [-0.2, 0) is 126 Å². The molecule has 3 saturated heterocycles. The molecule has 4 unspecified atom stereocenters. The summed E-state index contributed by atoms with van der Waals surface area (Å²) >= 11 is 0. The maximum absolute atomic E-state index is 15.8. The first-order valence-corrected chi connectivity index (χ1v) is 50.6. The lowest BCUT2D eigenvalue weighted by Gasteiger charge is -2.31. The quantitative estimate of drug-likeness (QED) is 0.0128. The van der Waals surface area contributed by atoms with Crippen molar-refractivity contribution < 1.29 is 121 Å². The van der Waals surface area contributed by atoms with Crippen molar-refractivity contribution in [2.75, 3.05) is 70.5 Å². The number of carbonyl (C=O) groups is 21. The van der Waals surface area contributed by atoms with Gasteiger partial charge in [-0.3, -0.25) is 101 Å². The standard InChI is InChI=1S/C94H134N26O25S2/c1-48(2)32-61-84(135)118-79(51(6)123)93(144)112-64(35-54-38-100-58-19-11-10-18-57(54)58)85(136)117-77(49(3)4)91(142)115-68(87(138)107-60(20-12-13-29-95)94(145)120-31-15-22-70(120)90(141)106-59(27-28-71(97)125)80(131)103-41-74(128)101-40-72(98)126)46-147-146-45-67(114-86(137)66(44-121)113-82(133)63(34-53-23-25-56(124)26-24-53)111-92(143)78(50(5)122)116-75(129)42-102-73(127)37-96)88(139)109-65(36-55-39-99-47-105-55)83(134)108-62(33-52-16-8-7-9-17-52)81(132)104-43-76(130)119-30-14-21-69(119)89(140)110-61/h7-11,16-19,23-26,38-39,47-51,59-70,77-79,100,121-124H,12-15,20-22,27-37,40-46,95-96H2,1-6H3,(H2,97,125)(H2,98,126)(H,99,105)(H,101,128)(H,102,127)(H,103,131)(H,104,132)(H,106,141)(H,107,138)(H,108,134)(H,109,139)(H,110,140)(H,111,143)(H,112,144)(H,113,133)(H,114,137)(H,115,142)(H,116,129)(H,117,136)(H,118,135)/t50-,51?,59+,60+,61+,62?,63+,64?,65+,66+,67+,68?,69+,70+,77+,78+,79+/m1/s1. The average Bonchev–Trinajstić information content (AvgIpc) is 1.65. The van der Waals surface area contributed by atoms with Gasteiger partial charge in [0.25, 0.3) is 0 Å². The van der Waals surface area contributed by atoms with Crippen LogP contribution < -0.4 is 113 Å². The number of hydrogen-bond donors (Lipinski definition) is 27. The molecular formula is C94H134N26O25S2. The first-order chi connectivity index (χ1) is 69.9. The van der Waals surface area contributed by atoms with Crippen LogP contribution in [0.15, 0.2) is 97.6 Å². The highest BCUT2D eigenvalue weighted by Crippen LogP contribution is 2.28. The average molecular weight is 2090 g/mol. The molecule has 802 valence electrons. The summed E-state index contributed by atoms with van der Waals surface area (Å²) < 4.78 is 0. The van der Waals surface area contributed by atoms with Crippen molar-refractivity contribution in [3.8, 4) is 5.75 Å². The lowest BCUT2D eigenvalue weighted by molar-refractivity contribution is -0.142. The number of rotatable bonds is 41. The Kier molecular flexibility index (Phi) is 47.0. The van der Waals surface area contributed by atoms with Crippen molar-refractivity contribution in [2.45, 2.75) is 234 Å². The van der Waals surface area contributed by atoms with E-state index in [0.29, 0.717) is 43.6 Å². The molecule has 0 aliphatic carbocycles. The second-order valence-electron chi connectivity index (χ2n) is 36.5. The first kappa shape index (κ1) is 118. The third-order valence-electron chi connectivity index (χ3n) is 24.1. The third-order valence-corrected chi connectivity index (χ3v) is 26.6. The van der Waals surface area contributed by atoms with Crippen molar-refractivity contribution >= 4 is 157 Å². The molecule has 0 spiro atoms. The fourth-order valence-electron chi connectivity index (χ4n) is 16.3. The monoisotopic (exact) mass is 2090 g/mol. The Balaban J connectivity index is 1.23. The molecule has 51 nitrogen and oxygen atoms in total. The molecule has 0 saturated carbocycles. The maximum atomic E-state index is 15.8. The Morgan fingerprint density at radius 1 is 0.537 bits per heavy atom. The number of aliphatic hydroxyl groups is 3. The van der Waals surface area contributed by atoms with Gasteiger partial charge in [0.1, 0.15) is 96.4 Å². The SMILES string of the molecule is CC(C)C[C@@H]1NC(=O)[C@@H]2CCCN2C(=O)CNC(=O)C(Cc2ccccc2)NC(=O)[C@H](Cc2c[nH]cn2)NC(=O)[C@@H](NC(=O)[C@H](CO)NC(=O)[C@H](Cc2ccc(O)cc2)NC(=O)[C@@H](NC(=O)CNC(=O)CN)[C@@H](C)O)CSSCC(C(=O)N[C@@H](CCCCN)C(=O)N2CCC[C@H]2C(=O)N[C@@H](CCC(N)=O)C(=O)NCC(=O)NCC(N)=O)NC(=O)[C@H](C(C)C)NC(=O)C(Cc2c[nH]c3ccccc23)NC(=O)[C@H](C(C)O)NC1=O. The summed E-state index contributed by atoms with van der Waals surface area (Å²) in [6.07, 6.45) is -1.22. The van der Waals surface area contributed by atoms with Crippen LogP contribution in [0.2, 0.25) is 0 Å². The van der Waals surface area contributed by atoms with E-state index in [1.807, 2.05) is 0 Å². The molecule has 31 N–H and O–H groups in total. The van der Waals surface area contributed by atoms with Gasteiger partial charge >= 0.3 is 0 Å². The summed E-state index contributed by atoms with van der Waals surface area (Å²) in [6, 6.07) is -5.30. The van der Waals surface area contributed by atoms with Gasteiger partial charge in [-0.15, -0.1) is 0 Å². The van der Waals surface area contributed by atoms with Crippen molar-refractivity contribution in [1.82, 2.24) is 115 Å². The van der Waals surface area contributed by atoms with E-state index in [1.165, 1.54) is 62.5 Å². The van der Waals surface area contributed by atoms with Crippen LogP contribution in [0.4, 0.5) is 0 Å². The molecule has 0 radical (unpaired) electrons. The van der Waals surface area contributed by atoms with Crippen LogP contribution in [0.1, 0.15) is 128 Å². The van der Waals surface area contributed by atoms with Gasteiger partial charge in [-0.05, 0) is 125 Å². The van der Waals surface area contributed by atoms with E-state index in [4.69, 9.17) is 22.9 Å². The number of aromatic nitrogens is 3. The number of H-pyrrole nitrogens is 2. The lowest BCUT2D eigenvalue weighted by Crippen LogP contribution is -2.63. The Labute approximate surface area is 853 Å². The summed E-state index contributed by atoms with van der Waals surface area (Å²) in [4.78, 5) is 313. The Morgan fingerprint density at radius 3 is 1.82 bits per heavy atom. The van der Waals surface area contributed by atoms with Gasteiger partial charge in [-0.2, -0.15) is 0 Å². The molecule has 21 amide bonds. The summed E-state index contributed by atoms with van der Waals surface area (Å²) in [6.45, 7) is 4.07. The second kappa shape index (κ2) is 58.7. The number of aromatic hydroxyl groups is 1. The molecule has 17 atom stereocenters. The van der Waals surface area contributed by atoms with Gasteiger partial charge in [-0.25, -0.2) is 4.98 Å². The number of phenolic OH excluding ortho intramolecular Hbond substituents is 1. The minimum Gasteiger partial charge on any atom is -0.508 e. The number of fused-ring (bicyclic) bond motifs is 2. The van der Waals surface area contributed by atoms with Gasteiger partial charge in [-0.1, -0.05) is 110 Å². The fourth-order valence-corrected chi connectivity index (χ4v) is 18.6. The number of nitrogens with two attached hydrogens (primary N) is 4. The number of imidazole rings is 1. The third kappa shape index (κ3) is 37.2. The van der Waals surface area contributed by atoms with Gasteiger partial charge in [0.15, 0.2) is 0 Å². The molecule has 5 heterocycles. The summed E-state index contributed by atoms with van der Waals surface area (Å²) in [5, 5.41) is 86.9. The molecule has 3 aliphatic heterocycles. The van der Waals surface area contributed by atoms with Crippen LogP contribution in [0.3, 0.4) is 0 Å². The van der Waals surface area contributed by atoms with E-state index in [1.54, 1.807) is 74.6 Å². The van der Waals surface area contributed by atoms with E-state index in [9.17, 15) is 82.8 Å². The molecule has 0 bridgehead atoms. The lowest BCUT2D eigenvalue weighted by atomic mass is 9.99. The van der Waals surface area contributed by atoms with Crippen LogP contribution in [0.25, 0.3) is 10.9 Å². The molecule has 2 aromatic heterocycles. The molecule has 3 aromatic carbocycles. The normalized spacial score (nSPS) is 21.4. The smallest absolute Gasteiger partial charge is 0.245 e. The number of phenols is 1. The minimum atomic E-state index is -2.11. The Morgan fingerprint density at radius 2 is 1.16 bits per heavy atom. The molecule has 53 heteroatoms. The fraction of sp³-hybridized carbons (Fsp3) is 0.532. The van der Waals surface area contributed by atoms with E-state index >= 15 is 38.4 Å². The highest BCUT2D eigenvalue weighted by atomic mass is 33.1. The summed E-state index contributed by atoms with van der Waals surface area (Å²) in [5.74, 6) is -24.1. The molecule has 3 fully saturated rings. The molecule has 8 rings (SSSR count). The highest BCUT2D eigenvalue weighted by molar-refractivity contribution is 8.76. The molecule has 147 heavy (non-hydrogen) atoms. The van der Waals surface area contributed by atoms with Crippen LogP contribution in [-0.4, -0.2) is 343 Å². The van der Waals surface area contributed by atoms with E-state index < -0.39 is 309 Å². The van der Waals surface area contributed by atoms with Crippen LogP contribution in [0, 0.1) is 11.8 Å². The number of nitrogens with one attached hydrogen (secondary N) is 19. The zero-order chi connectivity index (χ0) is 108. The van der Waals surface area contributed by atoms with Crippen LogP contribution in [0.5, 0.6) is 5.75 Å². The number of carbonyl (C=O) groups excluding carboxylic acids is 21. The Bertz CT molecular complexity index is 5430. The Hall–Kier alpha value is -14.4. The van der Waals surface area contributed by atoms with Crippen LogP contribution >= 0.6 is 21.6 Å². The number of primary amides is 2. The number of para-hydroxylation sites is 1. The van der Waals surface area contributed by atoms with Gasteiger partial charge in [0, 0.05) is 80.0 Å². The molecule has 3 aliphatic rings. The molecule has 5 aromatic rings. The maximum Gasteiger partial charge on any atom is 0.245 e. The number of aromatic amines is 2. The van der Waals surface area contributed by atoms with Gasteiger partial charge < -0.3 is 154 Å². The number of unbranched alkanes of at least 4 members (excludes halogenated alkanes) is 1. The zero-order valence-electron chi connectivity index (χ0n) is 82.2. The molecular weight excluding hydrogens is 1960 g/mol. The predicted octanol–water partition coefficient (Wildman–Crippen LogP) is -8.69. The number of aliphatic hydroxyl groups excluding tert-OH is 3. The number of nitrogens with zero attached hydrogens (tertiary/aromatic N) is 3. The number of likely N-dealkylation sites (tertiary alicyclic amines) is 1. The predicted molar refractivity (Wildman–Crippen MR) is 532 cm³/mol.